The summed E-state index contributed by atoms with van der Waals surface area (Å²) < 4.78 is 6.65. The summed E-state index contributed by atoms with van der Waals surface area (Å²) in [6.45, 7) is 14.5. The van der Waals surface area contributed by atoms with Gasteiger partial charge in [0.1, 0.15) is 5.60 Å². The molecule has 6 heteroatoms. The number of hydrogen-bond donors (Lipinski definition) is 0. The number of benzene rings is 1. The first-order valence-corrected chi connectivity index (χ1v) is 11.2. The Bertz CT molecular complexity index is 681. The molecule has 0 N–H and O–H groups in total. The third-order valence-electron chi connectivity index (χ3n) is 5.45. The normalized spacial score (nSPS) is 21.7. The van der Waals surface area contributed by atoms with Crippen LogP contribution in [0.5, 0.6) is 0 Å². The van der Waals surface area contributed by atoms with Crippen molar-refractivity contribution >= 4 is 27.7 Å². The van der Waals surface area contributed by atoms with Gasteiger partial charge in [0, 0.05) is 49.4 Å². The summed E-state index contributed by atoms with van der Waals surface area (Å²) in [5.74, 6) is 0.779. The Hall–Kier alpha value is -1.27. The van der Waals surface area contributed by atoms with Crippen molar-refractivity contribution < 1.29 is 9.53 Å². The van der Waals surface area contributed by atoms with Gasteiger partial charge >= 0.3 is 6.09 Å². The summed E-state index contributed by atoms with van der Waals surface area (Å²) >= 11 is 3.65. The van der Waals surface area contributed by atoms with Crippen molar-refractivity contribution in [2.24, 2.45) is 5.92 Å². The van der Waals surface area contributed by atoms with E-state index in [1.54, 1.807) is 0 Å². The zero-order valence-electron chi connectivity index (χ0n) is 17.7. The summed E-state index contributed by atoms with van der Waals surface area (Å²) in [7, 11) is 0. The molecule has 1 atom stereocenters. The highest BCUT2D eigenvalue weighted by molar-refractivity contribution is 9.10. The fourth-order valence-corrected chi connectivity index (χ4v) is 4.53. The first-order valence-electron chi connectivity index (χ1n) is 10.4. The van der Waals surface area contributed by atoms with Gasteiger partial charge in [0.05, 0.1) is 0 Å². The lowest BCUT2D eigenvalue weighted by Crippen LogP contribution is -2.50. The predicted octanol–water partition coefficient (Wildman–Crippen LogP) is 4.74. The van der Waals surface area contributed by atoms with Crippen LogP contribution in [-0.4, -0.2) is 60.8 Å². The molecule has 2 saturated heterocycles. The number of hydrogen-bond acceptors (Lipinski definition) is 4. The first kappa shape index (κ1) is 21.4. The Labute approximate surface area is 178 Å². The third kappa shape index (κ3) is 5.86. The molecule has 0 radical (unpaired) electrons. The highest BCUT2D eigenvalue weighted by Crippen LogP contribution is 2.28. The van der Waals surface area contributed by atoms with Gasteiger partial charge in [-0.25, -0.2) is 4.79 Å². The van der Waals surface area contributed by atoms with E-state index in [4.69, 9.17) is 4.74 Å². The Kier molecular flexibility index (Phi) is 6.92. The molecule has 28 heavy (non-hydrogen) atoms. The summed E-state index contributed by atoms with van der Waals surface area (Å²) in [4.78, 5) is 19.2. The maximum Gasteiger partial charge on any atom is 0.410 e. The second kappa shape index (κ2) is 9.04. The van der Waals surface area contributed by atoms with Gasteiger partial charge in [-0.15, -0.1) is 0 Å². The molecule has 0 aromatic heterocycles. The summed E-state index contributed by atoms with van der Waals surface area (Å²) in [5, 5.41) is 0. The van der Waals surface area contributed by atoms with Crippen molar-refractivity contribution in [3.63, 3.8) is 0 Å². The van der Waals surface area contributed by atoms with Crippen molar-refractivity contribution in [2.45, 2.75) is 52.7 Å². The van der Waals surface area contributed by atoms with Crippen LogP contribution >= 0.6 is 15.9 Å². The van der Waals surface area contributed by atoms with E-state index in [2.05, 4.69) is 50.9 Å². The van der Waals surface area contributed by atoms with Crippen molar-refractivity contribution in [3.8, 4) is 0 Å². The summed E-state index contributed by atoms with van der Waals surface area (Å²) in [6, 6.07) is 6.60. The highest BCUT2D eigenvalue weighted by atomic mass is 79.9. The van der Waals surface area contributed by atoms with E-state index in [1.165, 1.54) is 37.2 Å². The number of piperidine rings is 1. The molecule has 0 saturated carbocycles. The number of rotatable bonds is 3. The molecule has 1 aromatic carbocycles. The maximum absolute atomic E-state index is 12.3. The topological polar surface area (TPSA) is 36.0 Å². The number of halogens is 1. The molecule has 156 valence electrons. The number of nitrogens with zero attached hydrogens (tertiary/aromatic N) is 3. The number of likely N-dealkylation sites (tertiary alicyclic amines) is 1. The van der Waals surface area contributed by atoms with Crippen LogP contribution in [0.15, 0.2) is 22.7 Å². The number of carbonyl (C=O) groups excluding carboxylic acids is 1. The summed E-state index contributed by atoms with van der Waals surface area (Å²) in [6.07, 6.45) is 2.43. The van der Waals surface area contributed by atoms with Crippen LogP contribution < -0.4 is 4.90 Å². The van der Waals surface area contributed by atoms with Gasteiger partial charge in [-0.2, -0.15) is 0 Å². The molecule has 3 rings (SSSR count). The van der Waals surface area contributed by atoms with Gasteiger partial charge in [0.2, 0.25) is 0 Å². The van der Waals surface area contributed by atoms with Crippen LogP contribution in [0, 0.1) is 5.92 Å². The average molecular weight is 452 g/mol. The Morgan fingerprint density at radius 2 is 1.89 bits per heavy atom. The van der Waals surface area contributed by atoms with E-state index in [0.29, 0.717) is 13.1 Å². The Balaban J connectivity index is 1.65. The van der Waals surface area contributed by atoms with Crippen molar-refractivity contribution in [1.29, 1.82) is 0 Å². The molecule has 5 nitrogen and oxygen atoms in total. The van der Waals surface area contributed by atoms with E-state index in [9.17, 15) is 4.79 Å². The molecule has 2 aliphatic rings. The zero-order chi connectivity index (χ0) is 20.3. The van der Waals surface area contributed by atoms with Gasteiger partial charge in [-0.1, -0.05) is 22.9 Å². The Morgan fingerprint density at radius 1 is 1.18 bits per heavy atom. The van der Waals surface area contributed by atoms with Crippen LogP contribution in [0.2, 0.25) is 0 Å². The van der Waals surface area contributed by atoms with Crippen LogP contribution in [0.25, 0.3) is 0 Å². The van der Waals surface area contributed by atoms with Crippen LogP contribution in [0.3, 0.4) is 0 Å². The fourth-order valence-electron chi connectivity index (χ4n) is 4.12. The van der Waals surface area contributed by atoms with Crippen molar-refractivity contribution in [2.75, 3.05) is 44.2 Å². The molecule has 2 fully saturated rings. The van der Waals surface area contributed by atoms with Crippen LogP contribution in [-0.2, 0) is 11.3 Å². The molecule has 2 aliphatic heterocycles. The number of amides is 1. The van der Waals surface area contributed by atoms with E-state index >= 15 is 0 Å². The lowest BCUT2D eigenvalue weighted by atomic mass is 9.99. The minimum Gasteiger partial charge on any atom is -0.444 e. The number of ether oxygens (including phenoxy) is 1. The SMILES string of the molecule is CC1CCCN(Cc2cc(Br)ccc2N2CCN(C(=O)OC(C)(C)C)CC2)C1. The van der Waals surface area contributed by atoms with Gasteiger partial charge in [-0.05, 0) is 69.8 Å². The minimum atomic E-state index is -0.446. The monoisotopic (exact) mass is 451 g/mol. The highest BCUT2D eigenvalue weighted by Gasteiger charge is 2.27. The molecule has 1 amide bonds. The minimum absolute atomic E-state index is 0.203. The quantitative estimate of drug-likeness (QED) is 0.664. The Morgan fingerprint density at radius 3 is 2.54 bits per heavy atom. The number of anilines is 1. The van der Waals surface area contributed by atoms with Gasteiger partial charge in [-0.3, -0.25) is 4.90 Å². The molecular formula is C22H34BrN3O2. The second-order valence-electron chi connectivity index (χ2n) is 9.21. The maximum atomic E-state index is 12.3. The van der Waals surface area contributed by atoms with E-state index in [0.717, 1.165) is 30.0 Å². The van der Waals surface area contributed by atoms with E-state index < -0.39 is 5.60 Å². The van der Waals surface area contributed by atoms with Crippen LogP contribution in [0.1, 0.15) is 46.1 Å². The van der Waals surface area contributed by atoms with Crippen molar-refractivity contribution in [3.05, 3.63) is 28.2 Å². The largest absolute Gasteiger partial charge is 0.444 e. The van der Waals surface area contributed by atoms with E-state index in [-0.39, 0.29) is 6.09 Å². The molecule has 0 bridgehead atoms. The lowest BCUT2D eigenvalue weighted by molar-refractivity contribution is 0.0240. The van der Waals surface area contributed by atoms with Gasteiger partial charge in [0.15, 0.2) is 0 Å². The molecular weight excluding hydrogens is 418 g/mol. The lowest BCUT2D eigenvalue weighted by Gasteiger charge is -2.38. The molecule has 0 aliphatic carbocycles. The molecule has 2 heterocycles. The molecule has 0 spiro atoms. The summed E-state index contributed by atoms with van der Waals surface area (Å²) in [5.41, 5.74) is 2.22. The van der Waals surface area contributed by atoms with E-state index in [1.807, 2.05) is 25.7 Å². The predicted molar refractivity (Wildman–Crippen MR) is 118 cm³/mol. The molecule has 1 unspecified atom stereocenters. The first-order chi connectivity index (χ1) is 13.2. The number of piperazine rings is 1. The van der Waals surface area contributed by atoms with Crippen LogP contribution in [0.4, 0.5) is 10.5 Å². The second-order valence-corrected chi connectivity index (χ2v) is 10.1. The van der Waals surface area contributed by atoms with Gasteiger partial charge in [0.25, 0.3) is 0 Å². The number of carbonyl (C=O) groups is 1. The standard InChI is InChI=1S/C22H34BrN3O2/c1-17-6-5-9-24(15-17)16-18-14-19(23)7-8-20(18)25-10-12-26(13-11-25)21(27)28-22(2,3)4/h7-8,14,17H,5-6,9-13,15-16H2,1-4H3. The smallest absolute Gasteiger partial charge is 0.410 e. The van der Waals surface area contributed by atoms with Gasteiger partial charge < -0.3 is 14.5 Å². The third-order valence-corrected chi connectivity index (χ3v) is 5.94. The fraction of sp³-hybridized carbons (Fsp3) is 0.682. The average Bonchev–Trinajstić information content (AvgIpc) is 2.61. The molecule has 1 aromatic rings. The van der Waals surface area contributed by atoms with Crippen molar-refractivity contribution in [1.82, 2.24) is 9.80 Å². The zero-order valence-corrected chi connectivity index (χ0v) is 19.3.